The van der Waals surface area contributed by atoms with Crippen molar-refractivity contribution in [3.8, 4) is 0 Å². The lowest BCUT2D eigenvalue weighted by molar-refractivity contribution is -0.480. The van der Waals surface area contributed by atoms with Crippen molar-refractivity contribution in [2.75, 3.05) is 12.3 Å². The van der Waals surface area contributed by atoms with Gasteiger partial charge in [-0.05, 0) is 18.9 Å². The molecule has 0 aliphatic carbocycles. The van der Waals surface area contributed by atoms with Gasteiger partial charge in [0, 0.05) is 29.5 Å². The van der Waals surface area contributed by atoms with E-state index in [2.05, 4.69) is 9.97 Å². The lowest BCUT2D eigenvalue weighted by Gasteiger charge is -1.98. The molecule has 0 spiro atoms. The SMILES string of the molecule is O=[N+]([O-])CCCCCSc1ncccn1. The fourth-order valence-electron chi connectivity index (χ4n) is 1.04. The molecule has 0 fully saturated rings. The summed E-state index contributed by atoms with van der Waals surface area (Å²) in [4.78, 5) is 17.9. The van der Waals surface area contributed by atoms with Crippen LogP contribution in [0.1, 0.15) is 19.3 Å². The van der Waals surface area contributed by atoms with Gasteiger partial charge in [-0.15, -0.1) is 0 Å². The average molecular weight is 227 g/mol. The predicted molar refractivity (Wildman–Crippen MR) is 58.5 cm³/mol. The minimum atomic E-state index is -0.270. The minimum Gasteiger partial charge on any atom is -0.265 e. The van der Waals surface area contributed by atoms with E-state index >= 15 is 0 Å². The fourth-order valence-corrected chi connectivity index (χ4v) is 1.84. The second-order valence-corrected chi connectivity index (χ2v) is 4.06. The van der Waals surface area contributed by atoms with Crippen LogP contribution in [0, 0.1) is 10.1 Å². The molecule has 1 heterocycles. The van der Waals surface area contributed by atoms with E-state index in [4.69, 9.17) is 0 Å². The third kappa shape index (κ3) is 6.01. The molecule has 0 atom stereocenters. The molecule has 0 aliphatic rings. The maximum atomic E-state index is 10.0. The number of unbranched alkanes of at least 4 members (excludes halogenated alkanes) is 2. The molecule has 0 aliphatic heterocycles. The van der Waals surface area contributed by atoms with E-state index in [9.17, 15) is 10.1 Å². The van der Waals surface area contributed by atoms with Crippen LogP contribution in [-0.2, 0) is 0 Å². The summed E-state index contributed by atoms with van der Waals surface area (Å²) < 4.78 is 0. The first-order valence-electron chi connectivity index (χ1n) is 4.80. The van der Waals surface area contributed by atoms with Crippen LogP contribution in [-0.4, -0.2) is 27.2 Å². The normalized spacial score (nSPS) is 10.1. The second-order valence-electron chi connectivity index (χ2n) is 3.00. The van der Waals surface area contributed by atoms with Crippen LogP contribution in [0.15, 0.2) is 23.6 Å². The van der Waals surface area contributed by atoms with Gasteiger partial charge in [0.1, 0.15) is 0 Å². The van der Waals surface area contributed by atoms with Crippen LogP contribution < -0.4 is 0 Å². The third-order valence-electron chi connectivity index (χ3n) is 1.76. The Morgan fingerprint density at radius 3 is 2.67 bits per heavy atom. The number of rotatable bonds is 7. The first-order chi connectivity index (χ1) is 7.29. The minimum absolute atomic E-state index is 0.0759. The predicted octanol–water partition coefficient (Wildman–Crippen LogP) is 2.02. The van der Waals surface area contributed by atoms with Crippen molar-refractivity contribution in [1.29, 1.82) is 0 Å². The topological polar surface area (TPSA) is 68.9 Å². The third-order valence-corrected chi connectivity index (χ3v) is 2.72. The number of thioether (sulfide) groups is 1. The van der Waals surface area contributed by atoms with Gasteiger partial charge in [-0.1, -0.05) is 11.8 Å². The molecule has 0 unspecified atom stereocenters. The summed E-state index contributed by atoms with van der Waals surface area (Å²) in [5, 5.41) is 10.8. The van der Waals surface area contributed by atoms with E-state index in [1.54, 1.807) is 30.2 Å². The Morgan fingerprint density at radius 1 is 1.27 bits per heavy atom. The number of aromatic nitrogens is 2. The average Bonchev–Trinajstić information content (AvgIpc) is 2.24. The summed E-state index contributed by atoms with van der Waals surface area (Å²) in [7, 11) is 0. The number of hydrogen-bond donors (Lipinski definition) is 0. The fraction of sp³-hybridized carbons (Fsp3) is 0.556. The molecule has 0 saturated carbocycles. The van der Waals surface area contributed by atoms with E-state index in [1.165, 1.54) is 0 Å². The van der Waals surface area contributed by atoms with Crippen LogP contribution in [0.25, 0.3) is 0 Å². The highest BCUT2D eigenvalue weighted by Crippen LogP contribution is 2.13. The summed E-state index contributed by atoms with van der Waals surface area (Å²) in [5.74, 6) is 0.918. The van der Waals surface area contributed by atoms with Gasteiger partial charge in [-0.25, -0.2) is 9.97 Å². The van der Waals surface area contributed by atoms with E-state index < -0.39 is 0 Å². The lowest BCUT2D eigenvalue weighted by Crippen LogP contribution is -2.00. The molecule has 0 saturated heterocycles. The van der Waals surface area contributed by atoms with Gasteiger partial charge in [0.15, 0.2) is 5.16 Å². The summed E-state index contributed by atoms with van der Waals surface area (Å²) in [6.45, 7) is 0.0759. The quantitative estimate of drug-likeness (QED) is 0.234. The Labute approximate surface area is 92.5 Å². The van der Waals surface area contributed by atoms with Gasteiger partial charge in [-0.3, -0.25) is 10.1 Å². The van der Waals surface area contributed by atoms with Gasteiger partial charge >= 0.3 is 0 Å². The van der Waals surface area contributed by atoms with Crippen LogP contribution in [0.5, 0.6) is 0 Å². The maximum Gasteiger partial charge on any atom is 0.203 e. The lowest BCUT2D eigenvalue weighted by atomic mass is 10.2. The molecule has 0 bridgehead atoms. The van der Waals surface area contributed by atoms with Crippen LogP contribution >= 0.6 is 11.8 Å². The number of nitrogens with zero attached hydrogens (tertiary/aromatic N) is 3. The van der Waals surface area contributed by atoms with Crippen molar-refractivity contribution in [2.45, 2.75) is 24.4 Å². The zero-order valence-corrected chi connectivity index (χ0v) is 9.15. The molecule has 15 heavy (non-hydrogen) atoms. The molecule has 0 N–H and O–H groups in total. The highest BCUT2D eigenvalue weighted by molar-refractivity contribution is 7.99. The van der Waals surface area contributed by atoms with E-state index in [0.29, 0.717) is 6.42 Å². The monoisotopic (exact) mass is 227 g/mol. The smallest absolute Gasteiger partial charge is 0.203 e. The molecular formula is C9H13N3O2S. The summed E-state index contributed by atoms with van der Waals surface area (Å²) in [5.41, 5.74) is 0. The van der Waals surface area contributed by atoms with Crippen molar-refractivity contribution < 1.29 is 4.92 Å². The molecule has 1 aromatic heterocycles. The molecule has 1 aromatic rings. The standard InChI is InChI=1S/C9H13N3O2S/c13-12(14)7-2-1-3-8-15-9-10-5-4-6-11-9/h4-6H,1-3,7-8H2. The molecule has 6 heteroatoms. The molecule has 82 valence electrons. The Kier molecular flexibility index (Phi) is 5.69. The molecule has 1 rings (SSSR count). The Morgan fingerprint density at radius 2 is 2.00 bits per heavy atom. The largest absolute Gasteiger partial charge is 0.265 e. The zero-order valence-electron chi connectivity index (χ0n) is 8.33. The second kappa shape index (κ2) is 7.17. The van der Waals surface area contributed by atoms with Crippen molar-refractivity contribution >= 4 is 11.8 Å². The van der Waals surface area contributed by atoms with Gasteiger partial charge in [-0.2, -0.15) is 0 Å². The van der Waals surface area contributed by atoms with Crippen molar-refractivity contribution in [1.82, 2.24) is 9.97 Å². The molecule has 5 nitrogen and oxygen atoms in total. The molecule has 0 amide bonds. The summed E-state index contributed by atoms with van der Waals surface area (Å²) >= 11 is 1.59. The summed E-state index contributed by atoms with van der Waals surface area (Å²) in [6, 6.07) is 1.78. The van der Waals surface area contributed by atoms with Crippen molar-refractivity contribution in [3.63, 3.8) is 0 Å². The van der Waals surface area contributed by atoms with Gasteiger partial charge < -0.3 is 0 Å². The van der Waals surface area contributed by atoms with Crippen LogP contribution in [0.3, 0.4) is 0 Å². The van der Waals surface area contributed by atoms with Crippen LogP contribution in [0.2, 0.25) is 0 Å². The van der Waals surface area contributed by atoms with Gasteiger partial charge in [0.25, 0.3) is 0 Å². The number of hydrogen-bond acceptors (Lipinski definition) is 5. The highest BCUT2D eigenvalue weighted by atomic mass is 32.2. The molecule has 0 aromatic carbocycles. The van der Waals surface area contributed by atoms with Gasteiger partial charge in [0.2, 0.25) is 6.54 Å². The van der Waals surface area contributed by atoms with Crippen LogP contribution in [0.4, 0.5) is 0 Å². The number of nitro groups is 1. The summed E-state index contributed by atoms with van der Waals surface area (Å²) in [6.07, 6.45) is 5.94. The van der Waals surface area contributed by atoms with E-state index in [-0.39, 0.29) is 11.5 Å². The van der Waals surface area contributed by atoms with E-state index in [1.807, 2.05) is 0 Å². The Hall–Kier alpha value is -1.17. The molecular weight excluding hydrogens is 214 g/mol. The Balaban J connectivity index is 2.00. The Bertz CT molecular complexity index is 295. The first-order valence-corrected chi connectivity index (χ1v) is 5.79. The van der Waals surface area contributed by atoms with Gasteiger partial charge in [0.05, 0.1) is 0 Å². The zero-order chi connectivity index (χ0) is 10.9. The maximum absolute atomic E-state index is 10.0. The van der Waals surface area contributed by atoms with Crippen molar-refractivity contribution in [2.24, 2.45) is 0 Å². The van der Waals surface area contributed by atoms with Crippen molar-refractivity contribution in [3.05, 3.63) is 28.6 Å². The molecule has 0 radical (unpaired) electrons. The first kappa shape index (κ1) is 11.9. The van der Waals surface area contributed by atoms with E-state index in [0.717, 1.165) is 23.8 Å². The highest BCUT2D eigenvalue weighted by Gasteiger charge is 1.98.